The van der Waals surface area contributed by atoms with Gasteiger partial charge in [0.05, 0.1) is 0 Å². The zero-order valence-electron chi connectivity index (χ0n) is 8.31. The number of hydrogen-bond donors (Lipinski definition) is 0. The molecule has 0 nitrogen and oxygen atoms in total. The van der Waals surface area contributed by atoms with Gasteiger partial charge in [-0.25, -0.2) is 0 Å². The molecule has 0 bridgehead atoms. The van der Waals surface area contributed by atoms with Crippen LogP contribution in [0, 0.1) is 11.8 Å². The molecule has 2 heteroatoms. The van der Waals surface area contributed by atoms with Crippen molar-refractivity contribution in [3.63, 3.8) is 0 Å². The number of hydrogen-bond acceptors (Lipinski definition) is 0. The van der Waals surface area contributed by atoms with Gasteiger partial charge in [-0.1, -0.05) is 51.2 Å². The lowest BCUT2D eigenvalue weighted by Crippen LogP contribution is -2.14. The standard InChI is InChI=1S/C8H20B2/c1-5(2)7(9)8(10)6(3)4/h5-8H,9-10H2,1-4H3. The van der Waals surface area contributed by atoms with Gasteiger partial charge in [0.1, 0.15) is 15.7 Å². The summed E-state index contributed by atoms with van der Waals surface area (Å²) in [5.74, 6) is 3.38. The molecule has 0 aliphatic heterocycles. The Bertz CT molecular complexity index is 77.3. The fraction of sp³-hybridized carbons (Fsp3) is 1.00. The third-order valence-corrected chi connectivity index (χ3v) is 2.93. The Morgan fingerprint density at radius 2 is 0.900 bits per heavy atom. The Balaban J connectivity index is 3.81. The lowest BCUT2D eigenvalue weighted by molar-refractivity contribution is 0.476. The zero-order valence-corrected chi connectivity index (χ0v) is 8.31. The van der Waals surface area contributed by atoms with Gasteiger partial charge in [0.2, 0.25) is 0 Å². The maximum Gasteiger partial charge on any atom is 0.105 e. The van der Waals surface area contributed by atoms with E-state index >= 15 is 0 Å². The number of rotatable bonds is 3. The highest BCUT2D eigenvalue weighted by atomic mass is 14.2. The van der Waals surface area contributed by atoms with Crippen LogP contribution in [0.25, 0.3) is 0 Å². The smallest absolute Gasteiger partial charge is 0.0714 e. The van der Waals surface area contributed by atoms with Crippen LogP contribution in [-0.4, -0.2) is 15.7 Å². The van der Waals surface area contributed by atoms with Gasteiger partial charge in [-0.2, -0.15) is 0 Å². The summed E-state index contributed by atoms with van der Waals surface area (Å²) in [6.45, 7) is 9.24. The predicted octanol–water partition coefficient (Wildman–Crippen LogP) is 1.14. The van der Waals surface area contributed by atoms with Gasteiger partial charge < -0.3 is 0 Å². The van der Waals surface area contributed by atoms with Crippen LogP contribution in [0.3, 0.4) is 0 Å². The summed E-state index contributed by atoms with van der Waals surface area (Å²) in [6.07, 6.45) is 0. The third-order valence-electron chi connectivity index (χ3n) is 2.93. The van der Waals surface area contributed by atoms with Crippen molar-refractivity contribution in [2.45, 2.75) is 39.3 Å². The Hall–Kier alpha value is 0.130. The van der Waals surface area contributed by atoms with Gasteiger partial charge in [0.15, 0.2) is 0 Å². The van der Waals surface area contributed by atoms with E-state index in [4.69, 9.17) is 0 Å². The first kappa shape index (κ1) is 10.1. The van der Waals surface area contributed by atoms with Crippen molar-refractivity contribution in [3.05, 3.63) is 0 Å². The molecule has 0 aliphatic rings. The summed E-state index contributed by atoms with van der Waals surface area (Å²) in [6, 6.07) is 0. The molecule has 2 atom stereocenters. The maximum absolute atomic E-state index is 2.36. The van der Waals surface area contributed by atoms with E-state index in [9.17, 15) is 0 Å². The Morgan fingerprint density at radius 1 is 0.700 bits per heavy atom. The maximum atomic E-state index is 2.36. The van der Waals surface area contributed by atoms with Gasteiger partial charge in [-0.05, 0) is 0 Å². The normalized spacial score (nSPS) is 17.8. The molecule has 58 valence electrons. The van der Waals surface area contributed by atoms with Crippen LogP contribution < -0.4 is 0 Å². The molecule has 0 N–H and O–H groups in total. The SMILES string of the molecule is BC(C(C)C)C(B)C(C)C. The van der Waals surface area contributed by atoms with Crippen LogP contribution in [0.1, 0.15) is 27.7 Å². The van der Waals surface area contributed by atoms with Crippen LogP contribution in [-0.2, 0) is 0 Å². The van der Waals surface area contributed by atoms with Gasteiger partial charge in [0.25, 0.3) is 0 Å². The Morgan fingerprint density at radius 3 is 1.00 bits per heavy atom. The van der Waals surface area contributed by atoms with Crippen LogP contribution in [0.5, 0.6) is 0 Å². The molecule has 0 saturated heterocycles. The summed E-state index contributed by atoms with van der Waals surface area (Å²) in [7, 11) is 4.71. The van der Waals surface area contributed by atoms with Crippen LogP contribution in [0.2, 0.25) is 11.6 Å². The molecule has 10 heavy (non-hydrogen) atoms. The van der Waals surface area contributed by atoms with Crippen LogP contribution in [0.15, 0.2) is 0 Å². The average molecular weight is 138 g/mol. The zero-order chi connectivity index (χ0) is 8.31. The van der Waals surface area contributed by atoms with E-state index in [1.54, 1.807) is 0 Å². The topological polar surface area (TPSA) is 0 Å². The second-order valence-electron chi connectivity index (χ2n) is 4.21. The van der Waals surface area contributed by atoms with Crippen molar-refractivity contribution in [3.8, 4) is 0 Å². The van der Waals surface area contributed by atoms with Crippen molar-refractivity contribution < 1.29 is 0 Å². The first-order chi connectivity index (χ1) is 4.46. The summed E-state index contributed by atoms with van der Waals surface area (Å²) < 4.78 is 0. The van der Waals surface area contributed by atoms with E-state index in [1.165, 1.54) is 0 Å². The third kappa shape index (κ3) is 2.81. The van der Waals surface area contributed by atoms with Gasteiger partial charge in [-0.3, -0.25) is 0 Å². The van der Waals surface area contributed by atoms with Gasteiger partial charge >= 0.3 is 0 Å². The molecule has 0 heterocycles. The van der Waals surface area contributed by atoms with Crippen molar-refractivity contribution in [2.75, 3.05) is 0 Å². The quantitative estimate of drug-likeness (QED) is 0.513. The molecule has 0 rings (SSSR count). The second-order valence-corrected chi connectivity index (χ2v) is 4.21. The van der Waals surface area contributed by atoms with E-state index < -0.39 is 0 Å². The van der Waals surface area contributed by atoms with Gasteiger partial charge in [-0.15, -0.1) is 0 Å². The van der Waals surface area contributed by atoms with Crippen molar-refractivity contribution in [1.82, 2.24) is 0 Å². The van der Waals surface area contributed by atoms with E-state index in [-0.39, 0.29) is 0 Å². The molecule has 0 aliphatic carbocycles. The lowest BCUT2D eigenvalue weighted by Gasteiger charge is -2.26. The Kier molecular flexibility index (Phi) is 4.15. The first-order valence-electron chi connectivity index (χ1n) is 4.46. The molecule has 0 spiro atoms. The fourth-order valence-electron chi connectivity index (χ4n) is 1.21. The highest BCUT2D eigenvalue weighted by Gasteiger charge is 2.17. The minimum absolute atomic E-state index is 0.831. The molecule has 0 saturated carbocycles. The summed E-state index contributed by atoms with van der Waals surface area (Å²) in [5, 5.41) is 0. The lowest BCUT2D eigenvalue weighted by atomic mass is 9.58. The highest BCUT2D eigenvalue weighted by molar-refractivity contribution is 6.21. The van der Waals surface area contributed by atoms with E-state index in [0.29, 0.717) is 0 Å². The van der Waals surface area contributed by atoms with E-state index in [0.717, 1.165) is 23.5 Å². The molecule has 0 amide bonds. The Labute approximate surface area is 67.6 Å². The van der Waals surface area contributed by atoms with Crippen molar-refractivity contribution in [1.29, 1.82) is 0 Å². The van der Waals surface area contributed by atoms with Crippen molar-refractivity contribution >= 4 is 15.7 Å². The predicted molar refractivity (Wildman–Crippen MR) is 54.3 cm³/mol. The average Bonchev–Trinajstić information content (AvgIpc) is 1.84. The summed E-state index contributed by atoms with van der Waals surface area (Å²) >= 11 is 0. The van der Waals surface area contributed by atoms with E-state index in [1.807, 2.05) is 0 Å². The van der Waals surface area contributed by atoms with E-state index in [2.05, 4.69) is 43.4 Å². The minimum Gasteiger partial charge on any atom is -0.0714 e. The van der Waals surface area contributed by atoms with Crippen molar-refractivity contribution in [2.24, 2.45) is 11.8 Å². The monoisotopic (exact) mass is 138 g/mol. The van der Waals surface area contributed by atoms with Gasteiger partial charge in [0, 0.05) is 0 Å². The molecule has 0 radical (unpaired) electrons. The first-order valence-corrected chi connectivity index (χ1v) is 4.46. The fourth-order valence-corrected chi connectivity index (χ4v) is 1.21. The molecular weight excluding hydrogens is 118 g/mol. The molecule has 0 aromatic carbocycles. The molecule has 0 fully saturated rings. The highest BCUT2D eigenvalue weighted by Crippen LogP contribution is 2.31. The minimum atomic E-state index is 0.831. The van der Waals surface area contributed by atoms with Crippen LogP contribution >= 0.6 is 0 Å². The molecule has 0 aromatic rings. The summed E-state index contributed by atoms with van der Waals surface area (Å²) in [5.41, 5.74) is 0. The molecule has 2 unspecified atom stereocenters. The summed E-state index contributed by atoms with van der Waals surface area (Å²) in [4.78, 5) is 0. The molecule has 0 aromatic heterocycles. The molecular formula is C8H20B2. The van der Waals surface area contributed by atoms with Crippen LogP contribution in [0.4, 0.5) is 0 Å². The largest absolute Gasteiger partial charge is 0.105 e. The second kappa shape index (κ2) is 4.10.